The molecule has 2 aliphatic carbocycles. The van der Waals surface area contributed by atoms with Gasteiger partial charge in [0.1, 0.15) is 6.10 Å². The lowest BCUT2D eigenvalue weighted by Gasteiger charge is -2.21. The molecule has 4 rings (SSSR count). The van der Waals surface area contributed by atoms with Crippen LogP contribution in [0.15, 0.2) is 23.9 Å². The van der Waals surface area contributed by atoms with Crippen molar-refractivity contribution in [1.82, 2.24) is 20.4 Å². The SMILES string of the molecule is O=C(NCC1=CCCC1)N[C@@H]1CCO[C@H]1c1ccnn1CC1CC1. The Bertz CT molecular complexity index is 620. The minimum absolute atomic E-state index is 0.0113. The van der Waals surface area contributed by atoms with Crippen LogP contribution in [0, 0.1) is 5.92 Å². The molecule has 0 bridgehead atoms. The summed E-state index contributed by atoms with van der Waals surface area (Å²) in [6.45, 7) is 2.30. The number of hydrogen-bond acceptors (Lipinski definition) is 3. The third-order valence-electron chi connectivity index (χ3n) is 5.19. The molecule has 1 aromatic heterocycles. The van der Waals surface area contributed by atoms with E-state index < -0.39 is 0 Å². The van der Waals surface area contributed by atoms with Crippen molar-refractivity contribution in [3.8, 4) is 0 Å². The normalized spacial score (nSPS) is 26.4. The lowest BCUT2D eigenvalue weighted by atomic mass is 10.1. The third kappa shape index (κ3) is 3.64. The van der Waals surface area contributed by atoms with Crippen LogP contribution in [-0.4, -0.2) is 35.0 Å². The van der Waals surface area contributed by atoms with E-state index in [1.165, 1.54) is 24.8 Å². The minimum Gasteiger partial charge on any atom is -0.370 e. The van der Waals surface area contributed by atoms with Gasteiger partial charge in [-0.25, -0.2) is 4.79 Å². The summed E-state index contributed by atoms with van der Waals surface area (Å²) in [6, 6.07) is 1.93. The van der Waals surface area contributed by atoms with Gasteiger partial charge in [-0.05, 0) is 50.5 Å². The summed E-state index contributed by atoms with van der Waals surface area (Å²) >= 11 is 0. The molecular weight excluding hydrogens is 304 g/mol. The Balaban J connectivity index is 1.34. The van der Waals surface area contributed by atoms with Crippen molar-refractivity contribution in [1.29, 1.82) is 0 Å². The van der Waals surface area contributed by atoms with Crippen molar-refractivity contribution >= 4 is 6.03 Å². The van der Waals surface area contributed by atoms with E-state index in [9.17, 15) is 4.79 Å². The van der Waals surface area contributed by atoms with Crippen LogP contribution in [0.3, 0.4) is 0 Å². The fraction of sp³-hybridized carbons (Fsp3) is 0.667. The zero-order valence-corrected chi connectivity index (χ0v) is 14.0. The highest BCUT2D eigenvalue weighted by Crippen LogP contribution is 2.34. The van der Waals surface area contributed by atoms with Gasteiger partial charge in [-0.15, -0.1) is 0 Å². The van der Waals surface area contributed by atoms with E-state index in [1.54, 1.807) is 0 Å². The number of aromatic nitrogens is 2. The molecule has 0 aromatic carbocycles. The van der Waals surface area contributed by atoms with Crippen LogP contribution >= 0.6 is 0 Å². The van der Waals surface area contributed by atoms with Gasteiger partial charge in [-0.1, -0.05) is 11.6 Å². The summed E-state index contributed by atoms with van der Waals surface area (Å²) in [5.41, 5.74) is 2.43. The Labute approximate surface area is 142 Å². The maximum atomic E-state index is 12.2. The van der Waals surface area contributed by atoms with Crippen LogP contribution in [0.5, 0.6) is 0 Å². The second-order valence-electron chi connectivity index (χ2n) is 7.15. The van der Waals surface area contributed by atoms with Crippen molar-refractivity contribution in [3.05, 3.63) is 29.6 Å². The number of urea groups is 1. The van der Waals surface area contributed by atoms with Crippen molar-refractivity contribution < 1.29 is 9.53 Å². The average Bonchev–Trinajstić information content (AvgIpc) is 2.99. The Morgan fingerprint density at radius 2 is 2.29 bits per heavy atom. The van der Waals surface area contributed by atoms with Crippen LogP contribution in [0.25, 0.3) is 0 Å². The highest BCUT2D eigenvalue weighted by Gasteiger charge is 2.34. The van der Waals surface area contributed by atoms with Gasteiger partial charge in [0.2, 0.25) is 0 Å². The van der Waals surface area contributed by atoms with Gasteiger partial charge in [0.15, 0.2) is 0 Å². The van der Waals surface area contributed by atoms with Crippen LogP contribution in [0.2, 0.25) is 0 Å². The number of amides is 2. The van der Waals surface area contributed by atoms with Crippen LogP contribution in [0.1, 0.15) is 50.3 Å². The van der Waals surface area contributed by atoms with Crippen LogP contribution in [0.4, 0.5) is 4.79 Å². The van der Waals surface area contributed by atoms with Crippen LogP contribution in [-0.2, 0) is 11.3 Å². The predicted molar refractivity (Wildman–Crippen MR) is 90.5 cm³/mol. The van der Waals surface area contributed by atoms with Crippen molar-refractivity contribution in [3.63, 3.8) is 0 Å². The zero-order valence-electron chi connectivity index (χ0n) is 14.0. The molecule has 24 heavy (non-hydrogen) atoms. The summed E-state index contributed by atoms with van der Waals surface area (Å²) in [7, 11) is 0. The molecular formula is C18H26N4O2. The number of carbonyl (C=O) groups excluding carboxylic acids is 1. The van der Waals surface area contributed by atoms with E-state index in [1.807, 2.05) is 12.3 Å². The first-order valence-electron chi connectivity index (χ1n) is 9.15. The van der Waals surface area contributed by atoms with Crippen molar-refractivity contribution in [2.24, 2.45) is 5.92 Å². The molecule has 2 amide bonds. The lowest BCUT2D eigenvalue weighted by Crippen LogP contribution is -2.44. The van der Waals surface area contributed by atoms with Gasteiger partial charge in [0.25, 0.3) is 0 Å². The van der Waals surface area contributed by atoms with E-state index >= 15 is 0 Å². The fourth-order valence-electron chi connectivity index (χ4n) is 3.62. The van der Waals surface area contributed by atoms with E-state index in [0.29, 0.717) is 13.2 Å². The molecule has 2 N–H and O–H groups in total. The molecule has 2 heterocycles. The molecule has 6 heteroatoms. The van der Waals surface area contributed by atoms with E-state index in [4.69, 9.17) is 4.74 Å². The number of nitrogens with one attached hydrogen (secondary N) is 2. The van der Waals surface area contributed by atoms with Gasteiger partial charge in [-0.2, -0.15) is 5.10 Å². The highest BCUT2D eigenvalue weighted by molar-refractivity contribution is 5.74. The Morgan fingerprint density at radius 3 is 3.08 bits per heavy atom. The number of rotatable bonds is 6. The smallest absolute Gasteiger partial charge is 0.315 e. The van der Waals surface area contributed by atoms with Gasteiger partial charge >= 0.3 is 6.03 Å². The zero-order chi connectivity index (χ0) is 16.4. The molecule has 6 nitrogen and oxygen atoms in total. The third-order valence-corrected chi connectivity index (χ3v) is 5.19. The lowest BCUT2D eigenvalue weighted by molar-refractivity contribution is 0.0922. The summed E-state index contributed by atoms with van der Waals surface area (Å²) in [4.78, 5) is 12.2. The minimum atomic E-state index is -0.100. The number of hydrogen-bond donors (Lipinski definition) is 2. The van der Waals surface area contributed by atoms with Gasteiger partial charge in [0, 0.05) is 25.9 Å². The standard InChI is InChI=1S/C18H26N4O2/c23-18(19-11-13-3-1-2-4-13)21-15-8-10-24-17(15)16-7-9-20-22(16)12-14-5-6-14/h3,7,9,14-15,17H,1-2,4-6,8,10-12H2,(H2,19,21,23)/t15-,17-/m1/s1. The first-order valence-corrected chi connectivity index (χ1v) is 9.15. The second kappa shape index (κ2) is 6.97. The van der Waals surface area contributed by atoms with E-state index in [-0.39, 0.29) is 18.2 Å². The van der Waals surface area contributed by atoms with Gasteiger partial charge < -0.3 is 15.4 Å². The Hall–Kier alpha value is -1.82. The fourth-order valence-corrected chi connectivity index (χ4v) is 3.62. The maximum absolute atomic E-state index is 12.2. The van der Waals surface area contributed by atoms with Crippen molar-refractivity contribution in [2.45, 2.75) is 57.2 Å². The molecule has 2 atom stereocenters. The topological polar surface area (TPSA) is 68.2 Å². The molecule has 2 fully saturated rings. The molecule has 1 saturated carbocycles. The molecule has 3 aliphatic rings. The molecule has 130 valence electrons. The number of nitrogens with zero attached hydrogens (tertiary/aromatic N) is 2. The van der Waals surface area contributed by atoms with Gasteiger partial charge in [-0.3, -0.25) is 4.68 Å². The first-order chi connectivity index (χ1) is 11.8. The molecule has 1 aliphatic heterocycles. The van der Waals surface area contributed by atoms with E-state index in [0.717, 1.165) is 37.4 Å². The summed E-state index contributed by atoms with van der Waals surface area (Å²) in [5.74, 6) is 0.763. The number of carbonyl (C=O) groups is 1. The molecule has 0 unspecified atom stereocenters. The molecule has 0 spiro atoms. The predicted octanol–water partition coefficient (Wildman–Crippen LogP) is 2.53. The number of ether oxygens (including phenoxy) is 1. The maximum Gasteiger partial charge on any atom is 0.315 e. The Kier molecular flexibility index (Phi) is 4.56. The van der Waals surface area contributed by atoms with Crippen LogP contribution < -0.4 is 10.6 Å². The van der Waals surface area contributed by atoms with Crippen molar-refractivity contribution in [2.75, 3.05) is 13.2 Å². The number of allylic oxidation sites excluding steroid dienone is 1. The molecule has 1 saturated heterocycles. The summed E-state index contributed by atoms with van der Waals surface area (Å²) in [6.07, 6.45) is 10.9. The monoisotopic (exact) mass is 330 g/mol. The van der Waals surface area contributed by atoms with Gasteiger partial charge in [0.05, 0.1) is 11.7 Å². The first kappa shape index (κ1) is 15.7. The second-order valence-corrected chi connectivity index (χ2v) is 7.15. The molecule has 1 aromatic rings. The van der Waals surface area contributed by atoms with E-state index in [2.05, 4.69) is 26.5 Å². The molecule has 0 radical (unpaired) electrons. The average molecular weight is 330 g/mol. The Morgan fingerprint density at radius 1 is 1.38 bits per heavy atom. The highest BCUT2D eigenvalue weighted by atomic mass is 16.5. The largest absolute Gasteiger partial charge is 0.370 e. The summed E-state index contributed by atoms with van der Waals surface area (Å²) in [5, 5.41) is 10.5. The quantitative estimate of drug-likeness (QED) is 0.788. The summed E-state index contributed by atoms with van der Waals surface area (Å²) < 4.78 is 7.98.